The van der Waals surface area contributed by atoms with Crippen molar-refractivity contribution >= 4 is 26.6 Å². The van der Waals surface area contributed by atoms with Crippen LogP contribution in [0.3, 0.4) is 0 Å². The Morgan fingerprint density at radius 2 is 2.00 bits per heavy atom. The Bertz CT molecular complexity index is 1180. The summed E-state index contributed by atoms with van der Waals surface area (Å²) in [6, 6.07) is 8.14. The molecule has 1 heterocycles. The Balaban J connectivity index is 1.80. The van der Waals surface area contributed by atoms with Gasteiger partial charge in [-0.25, -0.2) is 12.8 Å². The predicted molar refractivity (Wildman–Crippen MR) is 99.8 cm³/mol. The van der Waals surface area contributed by atoms with Gasteiger partial charge in [-0.1, -0.05) is 6.07 Å². The van der Waals surface area contributed by atoms with Gasteiger partial charge in [0.15, 0.2) is 14.9 Å². The molecular weight excluding hydrogens is 369 g/mol. The van der Waals surface area contributed by atoms with Gasteiger partial charge >= 0.3 is 0 Å². The maximum absolute atomic E-state index is 14.4. The van der Waals surface area contributed by atoms with Gasteiger partial charge in [-0.15, -0.1) is 0 Å². The van der Waals surface area contributed by atoms with Crippen LogP contribution in [0.15, 0.2) is 35.4 Å². The number of benzene rings is 2. The summed E-state index contributed by atoms with van der Waals surface area (Å²) >= 11 is 0. The number of halogens is 1. The molecule has 0 radical (unpaired) electrons. The van der Waals surface area contributed by atoms with E-state index in [0.717, 1.165) is 19.1 Å². The van der Waals surface area contributed by atoms with E-state index in [4.69, 9.17) is 0 Å². The van der Waals surface area contributed by atoms with Crippen molar-refractivity contribution in [1.82, 2.24) is 15.5 Å². The Morgan fingerprint density at radius 3 is 2.67 bits per heavy atom. The molecular formula is C19H18FN3O3S. The van der Waals surface area contributed by atoms with Gasteiger partial charge in [0.25, 0.3) is 5.91 Å². The van der Waals surface area contributed by atoms with E-state index in [-0.39, 0.29) is 22.5 Å². The number of nitrogens with zero attached hydrogens (tertiary/aromatic N) is 1. The Kier molecular flexibility index (Phi) is 4.03. The van der Waals surface area contributed by atoms with Crippen molar-refractivity contribution in [2.24, 2.45) is 0 Å². The molecule has 27 heavy (non-hydrogen) atoms. The molecule has 0 atom stereocenters. The molecule has 1 aliphatic carbocycles. The number of hydrogen-bond acceptors (Lipinski definition) is 4. The first-order valence-corrected chi connectivity index (χ1v) is 10.4. The first-order chi connectivity index (χ1) is 12.7. The van der Waals surface area contributed by atoms with Crippen LogP contribution in [-0.4, -0.2) is 36.8 Å². The van der Waals surface area contributed by atoms with Crippen LogP contribution in [0.2, 0.25) is 0 Å². The fraction of sp³-hybridized carbons (Fsp3) is 0.263. The zero-order chi connectivity index (χ0) is 19.3. The van der Waals surface area contributed by atoms with Crippen molar-refractivity contribution in [2.45, 2.75) is 30.8 Å². The summed E-state index contributed by atoms with van der Waals surface area (Å²) in [5, 5.41) is 9.89. The number of carbonyl (C=O) groups excluding carboxylic acids is 1. The standard InChI is InChI=1S/C19H18FN3O3S/c1-10-15(7-12(8-16(10)20)18(24)21-13-4-5-13)11-3-6-14-17(9-11)22-23-19(14)27(2,25)26/h3,6-9,13H,4-5H2,1-2H3,(H,21,24)(H,22,23). The van der Waals surface area contributed by atoms with Crippen LogP contribution in [0.25, 0.3) is 22.0 Å². The second-order valence-electron chi connectivity index (χ2n) is 6.94. The van der Waals surface area contributed by atoms with E-state index in [0.29, 0.717) is 27.6 Å². The molecule has 3 aromatic rings. The van der Waals surface area contributed by atoms with Gasteiger partial charge in [-0.05, 0) is 60.7 Å². The predicted octanol–water partition coefficient (Wildman–Crippen LogP) is 2.97. The number of H-pyrrole nitrogens is 1. The minimum atomic E-state index is -3.46. The minimum Gasteiger partial charge on any atom is -0.349 e. The van der Waals surface area contributed by atoms with E-state index >= 15 is 0 Å². The van der Waals surface area contributed by atoms with Crippen molar-refractivity contribution in [1.29, 1.82) is 0 Å². The highest BCUT2D eigenvalue weighted by atomic mass is 32.2. The number of fused-ring (bicyclic) bond motifs is 1. The number of nitrogens with one attached hydrogen (secondary N) is 2. The van der Waals surface area contributed by atoms with Crippen LogP contribution in [0.5, 0.6) is 0 Å². The molecule has 1 aromatic heterocycles. The lowest BCUT2D eigenvalue weighted by Crippen LogP contribution is -2.25. The maximum Gasteiger partial charge on any atom is 0.251 e. The largest absolute Gasteiger partial charge is 0.349 e. The highest BCUT2D eigenvalue weighted by molar-refractivity contribution is 7.90. The first kappa shape index (κ1) is 17.7. The van der Waals surface area contributed by atoms with Gasteiger partial charge in [-0.3, -0.25) is 9.89 Å². The SMILES string of the molecule is Cc1c(F)cc(C(=O)NC2CC2)cc1-c1ccc2c(S(C)(=O)=O)n[nH]c2c1. The Morgan fingerprint density at radius 1 is 1.26 bits per heavy atom. The molecule has 8 heteroatoms. The van der Waals surface area contributed by atoms with E-state index in [1.54, 1.807) is 31.2 Å². The lowest BCUT2D eigenvalue weighted by atomic mass is 9.96. The fourth-order valence-electron chi connectivity index (χ4n) is 3.05. The Labute approximate surface area is 155 Å². The normalized spacial score (nSPS) is 14.5. The van der Waals surface area contributed by atoms with E-state index in [1.807, 2.05) is 0 Å². The highest BCUT2D eigenvalue weighted by Crippen LogP contribution is 2.31. The monoisotopic (exact) mass is 387 g/mol. The van der Waals surface area contributed by atoms with Crippen LogP contribution >= 0.6 is 0 Å². The smallest absolute Gasteiger partial charge is 0.251 e. The van der Waals surface area contributed by atoms with Gasteiger partial charge in [0.2, 0.25) is 0 Å². The molecule has 1 aliphatic rings. The van der Waals surface area contributed by atoms with Gasteiger partial charge < -0.3 is 5.32 Å². The summed E-state index contributed by atoms with van der Waals surface area (Å²) in [6.45, 7) is 1.65. The van der Waals surface area contributed by atoms with Crippen LogP contribution < -0.4 is 5.32 Å². The highest BCUT2D eigenvalue weighted by Gasteiger charge is 2.25. The third-order valence-corrected chi connectivity index (χ3v) is 5.72. The summed E-state index contributed by atoms with van der Waals surface area (Å²) in [7, 11) is -3.46. The molecule has 2 aromatic carbocycles. The van der Waals surface area contributed by atoms with Crippen molar-refractivity contribution in [3.8, 4) is 11.1 Å². The molecule has 4 rings (SSSR count). The molecule has 0 aliphatic heterocycles. The molecule has 1 fully saturated rings. The van der Waals surface area contributed by atoms with Crippen molar-refractivity contribution in [2.75, 3.05) is 6.26 Å². The number of carbonyl (C=O) groups is 1. The number of amides is 1. The Hall–Kier alpha value is -2.74. The number of aromatic amines is 1. The fourth-order valence-corrected chi connectivity index (χ4v) is 3.84. The molecule has 1 amide bonds. The average molecular weight is 387 g/mol. The van der Waals surface area contributed by atoms with E-state index in [9.17, 15) is 17.6 Å². The van der Waals surface area contributed by atoms with Crippen molar-refractivity contribution < 1.29 is 17.6 Å². The van der Waals surface area contributed by atoms with Crippen LogP contribution in [-0.2, 0) is 9.84 Å². The molecule has 1 saturated carbocycles. The van der Waals surface area contributed by atoms with Gasteiger partial charge in [0, 0.05) is 23.2 Å². The molecule has 6 nitrogen and oxygen atoms in total. The van der Waals surface area contributed by atoms with E-state index in [1.165, 1.54) is 6.07 Å². The summed E-state index contributed by atoms with van der Waals surface area (Å²) in [4.78, 5) is 12.3. The third kappa shape index (κ3) is 3.32. The van der Waals surface area contributed by atoms with E-state index < -0.39 is 15.7 Å². The molecule has 0 unspecified atom stereocenters. The molecule has 2 N–H and O–H groups in total. The number of aromatic nitrogens is 2. The quantitative estimate of drug-likeness (QED) is 0.720. The number of hydrogen-bond donors (Lipinski definition) is 2. The maximum atomic E-state index is 14.4. The second-order valence-corrected chi connectivity index (χ2v) is 8.87. The van der Waals surface area contributed by atoms with Crippen LogP contribution in [0.1, 0.15) is 28.8 Å². The average Bonchev–Trinajstić information content (AvgIpc) is 3.30. The molecule has 0 bridgehead atoms. The van der Waals surface area contributed by atoms with E-state index in [2.05, 4.69) is 15.5 Å². The zero-order valence-corrected chi connectivity index (χ0v) is 15.7. The lowest BCUT2D eigenvalue weighted by Gasteiger charge is -2.11. The zero-order valence-electron chi connectivity index (χ0n) is 14.8. The summed E-state index contributed by atoms with van der Waals surface area (Å²) in [5.74, 6) is -0.755. The second kappa shape index (κ2) is 6.16. The van der Waals surface area contributed by atoms with Crippen LogP contribution in [0.4, 0.5) is 4.39 Å². The topological polar surface area (TPSA) is 91.9 Å². The van der Waals surface area contributed by atoms with Gasteiger partial charge in [-0.2, -0.15) is 5.10 Å². The minimum absolute atomic E-state index is 0.0236. The first-order valence-electron chi connectivity index (χ1n) is 8.53. The number of sulfone groups is 1. The van der Waals surface area contributed by atoms with Crippen LogP contribution in [0, 0.1) is 12.7 Å². The van der Waals surface area contributed by atoms with Crippen molar-refractivity contribution in [3.05, 3.63) is 47.3 Å². The lowest BCUT2D eigenvalue weighted by molar-refractivity contribution is 0.0950. The summed E-state index contributed by atoms with van der Waals surface area (Å²) in [5.41, 5.74) is 2.46. The molecule has 140 valence electrons. The summed E-state index contributed by atoms with van der Waals surface area (Å²) in [6.07, 6.45) is 3.00. The van der Waals surface area contributed by atoms with Gasteiger partial charge in [0.05, 0.1) is 5.52 Å². The molecule has 0 spiro atoms. The summed E-state index contributed by atoms with van der Waals surface area (Å²) < 4.78 is 38.0. The van der Waals surface area contributed by atoms with Gasteiger partial charge in [0.1, 0.15) is 5.82 Å². The molecule has 0 saturated heterocycles. The number of rotatable bonds is 4. The third-order valence-electron chi connectivity index (χ3n) is 4.71. The van der Waals surface area contributed by atoms with Crippen molar-refractivity contribution in [3.63, 3.8) is 0 Å².